The monoisotopic (exact) mass is 216 g/mol. The molecule has 0 radical (unpaired) electrons. The Kier molecular flexibility index (Phi) is 2.61. The van der Waals surface area contributed by atoms with Crippen molar-refractivity contribution in [3.63, 3.8) is 0 Å². The minimum absolute atomic E-state index is 0.363. The summed E-state index contributed by atoms with van der Waals surface area (Å²) < 4.78 is 0. The lowest BCUT2D eigenvalue weighted by Crippen LogP contribution is -1.94. The first-order valence-corrected chi connectivity index (χ1v) is 5.21. The van der Waals surface area contributed by atoms with Crippen molar-refractivity contribution in [3.05, 3.63) is 35.1 Å². The third kappa shape index (κ3) is 2.11. The normalized spacial score (nSPS) is 9.60. The number of nitriles is 1. The molecule has 74 valence electrons. The molecule has 5 heteroatoms. The van der Waals surface area contributed by atoms with Gasteiger partial charge in [-0.1, -0.05) is 0 Å². The fourth-order valence-electron chi connectivity index (χ4n) is 1.10. The van der Waals surface area contributed by atoms with E-state index in [1.165, 1.54) is 6.33 Å². The maximum Gasteiger partial charge on any atom is 0.145 e. The molecule has 15 heavy (non-hydrogen) atoms. The highest BCUT2D eigenvalue weighted by molar-refractivity contribution is 7.14. The molecule has 0 aromatic carbocycles. The first kappa shape index (κ1) is 9.62. The lowest BCUT2D eigenvalue weighted by atomic mass is 10.3. The third-order valence-electron chi connectivity index (χ3n) is 1.89. The lowest BCUT2D eigenvalue weighted by Gasteiger charge is -2.03. The number of aryl methyl sites for hydroxylation is 1. The van der Waals surface area contributed by atoms with Crippen LogP contribution in [0.2, 0.25) is 0 Å². The number of anilines is 2. The third-order valence-corrected chi connectivity index (χ3v) is 2.82. The highest BCUT2D eigenvalue weighted by atomic mass is 32.1. The largest absolute Gasteiger partial charge is 0.332 e. The van der Waals surface area contributed by atoms with Crippen LogP contribution in [-0.2, 0) is 0 Å². The van der Waals surface area contributed by atoms with E-state index in [1.807, 2.05) is 24.4 Å². The molecule has 2 aromatic rings. The van der Waals surface area contributed by atoms with Crippen LogP contribution in [0.3, 0.4) is 0 Å². The maximum absolute atomic E-state index is 8.68. The Morgan fingerprint density at radius 2 is 2.33 bits per heavy atom. The van der Waals surface area contributed by atoms with Crippen LogP contribution in [0.5, 0.6) is 0 Å². The second-order valence-corrected chi connectivity index (χ2v) is 3.87. The molecule has 2 heterocycles. The van der Waals surface area contributed by atoms with Gasteiger partial charge in [-0.2, -0.15) is 5.26 Å². The SMILES string of the molecule is Cc1ccsc1Nc1cc(C#N)ncn1. The molecule has 0 amide bonds. The molecular weight excluding hydrogens is 208 g/mol. The van der Waals surface area contributed by atoms with E-state index in [0.717, 1.165) is 10.6 Å². The van der Waals surface area contributed by atoms with Gasteiger partial charge in [0.1, 0.15) is 23.9 Å². The summed E-state index contributed by atoms with van der Waals surface area (Å²) in [6.45, 7) is 2.02. The number of hydrogen-bond donors (Lipinski definition) is 1. The van der Waals surface area contributed by atoms with Crippen molar-refractivity contribution in [2.75, 3.05) is 5.32 Å². The Hall–Kier alpha value is -1.93. The Bertz CT molecular complexity index is 512. The Morgan fingerprint density at radius 1 is 1.47 bits per heavy atom. The minimum atomic E-state index is 0.363. The van der Waals surface area contributed by atoms with E-state index in [4.69, 9.17) is 5.26 Å². The summed E-state index contributed by atoms with van der Waals surface area (Å²) in [7, 11) is 0. The minimum Gasteiger partial charge on any atom is -0.332 e. The molecule has 0 bridgehead atoms. The Labute approximate surface area is 91.2 Å². The molecule has 0 fully saturated rings. The molecule has 0 saturated carbocycles. The molecule has 4 nitrogen and oxygen atoms in total. The van der Waals surface area contributed by atoms with Gasteiger partial charge >= 0.3 is 0 Å². The summed E-state index contributed by atoms with van der Waals surface area (Å²) in [6.07, 6.45) is 1.38. The van der Waals surface area contributed by atoms with Gasteiger partial charge in [-0.3, -0.25) is 0 Å². The number of nitrogens with zero attached hydrogens (tertiary/aromatic N) is 3. The summed E-state index contributed by atoms with van der Waals surface area (Å²) >= 11 is 1.60. The Balaban J connectivity index is 2.25. The van der Waals surface area contributed by atoms with E-state index < -0.39 is 0 Å². The van der Waals surface area contributed by atoms with E-state index in [1.54, 1.807) is 17.4 Å². The van der Waals surface area contributed by atoms with Crippen molar-refractivity contribution in [1.29, 1.82) is 5.26 Å². The summed E-state index contributed by atoms with van der Waals surface area (Å²) in [4.78, 5) is 7.84. The fraction of sp³-hybridized carbons (Fsp3) is 0.100. The molecule has 0 aliphatic carbocycles. The molecular formula is C10H8N4S. The predicted molar refractivity (Wildman–Crippen MR) is 59.1 cm³/mol. The maximum atomic E-state index is 8.68. The summed E-state index contributed by atoms with van der Waals surface area (Å²) in [5.74, 6) is 0.645. The van der Waals surface area contributed by atoms with Gasteiger partial charge in [-0.05, 0) is 23.9 Å². The van der Waals surface area contributed by atoms with E-state index in [0.29, 0.717) is 11.5 Å². The molecule has 0 saturated heterocycles. The van der Waals surface area contributed by atoms with Gasteiger partial charge in [0.05, 0.1) is 5.00 Å². The van der Waals surface area contributed by atoms with Gasteiger partial charge in [0.25, 0.3) is 0 Å². The highest BCUT2D eigenvalue weighted by Gasteiger charge is 2.02. The Morgan fingerprint density at radius 3 is 3.00 bits per heavy atom. The van der Waals surface area contributed by atoms with Crippen molar-refractivity contribution in [2.45, 2.75) is 6.92 Å². The number of hydrogen-bond acceptors (Lipinski definition) is 5. The van der Waals surface area contributed by atoms with Crippen LogP contribution in [0, 0.1) is 18.3 Å². The van der Waals surface area contributed by atoms with Crippen molar-refractivity contribution in [2.24, 2.45) is 0 Å². The van der Waals surface area contributed by atoms with Gasteiger partial charge in [0, 0.05) is 6.07 Å². The molecule has 2 rings (SSSR count). The number of nitrogens with one attached hydrogen (secondary N) is 1. The summed E-state index contributed by atoms with van der Waals surface area (Å²) in [5.41, 5.74) is 1.53. The van der Waals surface area contributed by atoms with Gasteiger partial charge in [-0.15, -0.1) is 11.3 Å². The van der Waals surface area contributed by atoms with Crippen molar-refractivity contribution < 1.29 is 0 Å². The number of rotatable bonds is 2. The van der Waals surface area contributed by atoms with Crippen LogP contribution in [0.15, 0.2) is 23.8 Å². The predicted octanol–water partition coefficient (Wildman–Crippen LogP) is 2.46. The molecule has 0 unspecified atom stereocenters. The quantitative estimate of drug-likeness (QED) is 0.837. The first-order valence-electron chi connectivity index (χ1n) is 4.33. The second kappa shape index (κ2) is 4.07. The van der Waals surface area contributed by atoms with Crippen LogP contribution < -0.4 is 5.32 Å². The van der Waals surface area contributed by atoms with Crippen LogP contribution in [-0.4, -0.2) is 9.97 Å². The smallest absolute Gasteiger partial charge is 0.145 e. The zero-order chi connectivity index (χ0) is 10.7. The van der Waals surface area contributed by atoms with E-state index >= 15 is 0 Å². The average molecular weight is 216 g/mol. The average Bonchev–Trinajstić information content (AvgIpc) is 2.65. The summed E-state index contributed by atoms with van der Waals surface area (Å²) in [6, 6.07) is 5.63. The second-order valence-electron chi connectivity index (χ2n) is 2.96. The van der Waals surface area contributed by atoms with Crippen LogP contribution in [0.25, 0.3) is 0 Å². The number of thiophene rings is 1. The summed E-state index contributed by atoms with van der Waals surface area (Å²) in [5, 5.41) is 14.9. The first-order chi connectivity index (χ1) is 7.29. The lowest BCUT2D eigenvalue weighted by molar-refractivity contribution is 1.14. The van der Waals surface area contributed by atoms with Crippen LogP contribution in [0.4, 0.5) is 10.8 Å². The fourth-order valence-corrected chi connectivity index (χ4v) is 1.93. The molecule has 0 aliphatic rings. The molecule has 0 atom stereocenters. The molecule has 0 spiro atoms. The van der Waals surface area contributed by atoms with Gasteiger partial charge in [0.15, 0.2) is 0 Å². The van der Waals surface area contributed by atoms with Gasteiger partial charge in [0.2, 0.25) is 0 Å². The van der Waals surface area contributed by atoms with Crippen molar-refractivity contribution >= 4 is 22.2 Å². The molecule has 2 aromatic heterocycles. The topological polar surface area (TPSA) is 61.6 Å². The zero-order valence-corrected chi connectivity index (χ0v) is 8.88. The van der Waals surface area contributed by atoms with E-state index in [-0.39, 0.29) is 0 Å². The van der Waals surface area contributed by atoms with Crippen molar-refractivity contribution in [1.82, 2.24) is 9.97 Å². The zero-order valence-electron chi connectivity index (χ0n) is 8.06. The van der Waals surface area contributed by atoms with Crippen LogP contribution in [0.1, 0.15) is 11.3 Å². The highest BCUT2D eigenvalue weighted by Crippen LogP contribution is 2.25. The van der Waals surface area contributed by atoms with Crippen molar-refractivity contribution in [3.8, 4) is 6.07 Å². The number of aromatic nitrogens is 2. The van der Waals surface area contributed by atoms with E-state index in [9.17, 15) is 0 Å². The van der Waals surface area contributed by atoms with Crippen LogP contribution >= 0.6 is 11.3 Å². The molecule has 1 N–H and O–H groups in total. The van der Waals surface area contributed by atoms with Gasteiger partial charge < -0.3 is 5.32 Å². The van der Waals surface area contributed by atoms with Gasteiger partial charge in [-0.25, -0.2) is 9.97 Å². The molecule has 0 aliphatic heterocycles. The van der Waals surface area contributed by atoms with E-state index in [2.05, 4.69) is 15.3 Å². The standard InChI is InChI=1S/C10H8N4S/c1-7-2-3-15-10(7)14-9-4-8(5-11)12-6-13-9/h2-4,6H,1H3,(H,12,13,14).